The van der Waals surface area contributed by atoms with E-state index in [1.807, 2.05) is 18.7 Å². The van der Waals surface area contributed by atoms with Gasteiger partial charge in [0.15, 0.2) is 0 Å². The number of aryl methyl sites for hydroxylation is 1. The van der Waals surface area contributed by atoms with E-state index in [1.54, 1.807) is 13.0 Å². The molecule has 0 aliphatic heterocycles. The molecule has 4 heteroatoms. The van der Waals surface area contributed by atoms with Crippen LogP contribution in [0.2, 0.25) is 0 Å². The number of unbranched alkanes of at least 4 members (excludes halogenated alkanes) is 1. The summed E-state index contributed by atoms with van der Waals surface area (Å²) in [7, 11) is 0. The van der Waals surface area contributed by atoms with Crippen LogP contribution < -0.4 is 0 Å². The SMILES string of the molecule is CCCCSCc1cc(C(=O)OCC)oc1C. The van der Waals surface area contributed by atoms with E-state index in [1.165, 1.54) is 12.8 Å². The molecule has 0 saturated heterocycles. The predicted molar refractivity (Wildman–Crippen MR) is 70.5 cm³/mol. The predicted octanol–water partition coefficient (Wildman–Crippen LogP) is 3.80. The molecule has 96 valence electrons. The summed E-state index contributed by atoms with van der Waals surface area (Å²) in [5.41, 5.74) is 1.09. The van der Waals surface area contributed by atoms with Crippen molar-refractivity contribution in [1.82, 2.24) is 0 Å². The Labute approximate surface area is 107 Å². The van der Waals surface area contributed by atoms with Gasteiger partial charge in [0.2, 0.25) is 5.76 Å². The molecule has 0 aliphatic rings. The van der Waals surface area contributed by atoms with E-state index in [4.69, 9.17) is 9.15 Å². The zero-order chi connectivity index (χ0) is 12.7. The van der Waals surface area contributed by atoms with E-state index < -0.39 is 0 Å². The van der Waals surface area contributed by atoms with Crippen LogP contribution in [0.4, 0.5) is 0 Å². The maximum atomic E-state index is 11.5. The van der Waals surface area contributed by atoms with Gasteiger partial charge < -0.3 is 9.15 Å². The summed E-state index contributed by atoms with van der Waals surface area (Å²) in [5, 5.41) is 0. The fraction of sp³-hybridized carbons (Fsp3) is 0.615. The summed E-state index contributed by atoms with van der Waals surface area (Å²) in [6.45, 7) is 6.23. The first-order valence-corrected chi connectivity index (χ1v) is 7.18. The van der Waals surface area contributed by atoms with Crippen molar-refractivity contribution in [3.8, 4) is 0 Å². The third kappa shape index (κ3) is 4.46. The maximum absolute atomic E-state index is 11.5. The summed E-state index contributed by atoms with van der Waals surface area (Å²) >= 11 is 1.87. The zero-order valence-corrected chi connectivity index (χ0v) is 11.6. The van der Waals surface area contributed by atoms with Gasteiger partial charge in [0, 0.05) is 11.3 Å². The lowest BCUT2D eigenvalue weighted by Crippen LogP contribution is -2.02. The normalized spacial score (nSPS) is 10.5. The lowest BCUT2D eigenvalue weighted by atomic mass is 10.3. The van der Waals surface area contributed by atoms with Gasteiger partial charge >= 0.3 is 5.97 Å². The van der Waals surface area contributed by atoms with Crippen LogP contribution in [0, 0.1) is 6.92 Å². The van der Waals surface area contributed by atoms with E-state index in [0.29, 0.717) is 12.4 Å². The standard InChI is InChI=1S/C13H20O3S/c1-4-6-7-17-9-11-8-12(16-10(11)3)13(14)15-5-2/h8H,4-7,9H2,1-3H3. The van der Waals surface area contributed by atoms with Gasteiger partial charge in [-0.15, -0.1) is 0 Å². The molecular formula is C13H20O3S. The van der Waals surface area contributed by atoms with Crippen LogP contribution in [0.15, 0.2) is 10.5 Å². The molecule has 0 bridgehead atoms. The van der Waals surface area contributed by atoms with E-state index in [0.717, 1.165) is 22.8 Å². The molecule has 0 unspecified atom stereocenters. The smallest absolute Gasteiger partial charge is 0.374 e. The summed E-state index contributed by atoms with van der Waals surface area (Å²) in [4.78, 5) is 11.5. The molecule has 1 rings (SSSR count). The molecule has 0 fully saturated rings. The minimum atomic E-state index is -0.375. The summed E-state index contributed by atoms with van der Waals surface area (Å²) in [5.74, 6) is 2.80. The fourth-order valence-electron chi connectivity index (χ4n) is 1.39. The number of esters is 1. The topological polar surface area (TPSA) is 39.4 Å². The molecule has 0 atom stereocenters. The second-order valence-electron chi connectivity index (χ2n) is 3.82. The molecule has 17 heavy (non-hydrogen) atoms. The largest absolute Gasteiger partial charge is 0.460 e. The number of hydrogen-bond donors (Lipinski definition) is 0. The van der Waals surface area contributed by atoms with Crippen LogP contribution >= 0.6 is 11.8 Å². The first kappa shape index (κ1) is 14.2. The van der Waals surface area contributed by atoms with E-state index in [9.17, 15) is 4.79 Å². The number of ether oxygens (including phenoxy) is 1. The molecule has 0 radical (unpaired) electrons. The molecule has 0 aliphatic carbocycles. The molecule has 0 spiro atoms. The third-order valence-electron chi connectivity index (χ3n) is 2.40. The van der Waals surface area contributed by atoms with Gasteiger partial charge in [0.1, 0.15) is 5.76 Å². The quantitative estimate of drug-likeness (QED) is 0.549. The number of carbonyl (C=O) groups excluding carboxylic acids is 1. The Morgan fingerprint density at radius 1 is 1.47 bits per heavy atom. The first-order valence-electron chi connectivity index (χ1n) is 6.03. The highest BCUT2D eigenvalue weighted by Gasteiger charge is 2.14. The molecule has 0 N–H and O–H groups in total. The van der Waals surface area contributed by atoms with Crippen molar-refractivity contribution < 1.29 is 13.9 Å². The molecule has 3 nitrogen and oxygen atoms in total. The average molecular weight is 256 g/mol. The lowest BCUT2D eigenvalue weighted by Gasteiger charge is -1.98. The Morgan fingerprint density at radius 3 is 2.88 bits per heavy atom. The van der Waals surface area contributed by atoms with Crippen LogP contribution in [0.25, 0.3) is 0 Å². The van der Waals surface area contributed by atoms with Crippen molar-refractivity contribution >= 4 is 17.7 Å². The molecule has 0 saturated carbocycles. The number of carbonyl (C=O) groups is 1. The van der Waals surface area contributed by atoms with Gasteiger partial charge in [-0.05, 0) is 32.1 Å². The van der Waals surface area contributed by atoms with Gasteiger partial charge in [-0.2, -0.15) is 11.8 Å². The fourth-order valence-corrected chi connectivity index (χ4v) is 2.54. The van der Waals surface area contributed by atoms with Crippen molar-refractivity contribution in [2.75, 3.05) is 12.4 Å². The highest BCUT2D eigenvalue weighted by atomic mass is 32.2. The van der Waals surface area contributed by atoms with E-state index in [2.05, 4.69) is 6.92 Å². The van der Waals surface area contributed by atoms with Gasteiger partial charge in [0.05, 0.1) is 6.61 Å². The molecule has 0 aromatic carbocycles. The second-order valence-corrected chi connectivity index (χ2v) is 4.92. The number of hydrogen-bond acceptors (Lipinski definition) is 4. The lowest BCUT2D eigenvalue weighted by molar-refractivity contribution is 0.0488. The van der Waals surface area contributed by atoms with Crippen LogP contribution in [0.1, 0.15) is 48.6 Å². The van der Waals surface area contributed by atoms with Gasteiger partial charge in [-0.25, -0.2) is 4.79 Å². The Kier molecular flexibility index (Phi) is 6.19. The third-order valence-corrected chi connectivity index (χ3v) is 3.49. The highest BCUT2D eigenvalue weighted by Crippen LogP contribution is 2.21. The van der Waals surface area contributed by atoms with Crippen LogP contribution in [-0.4, -0.2) is 18.3 Å². The molecule has 1 heterocycles. The molecule has 1 aromatic rings. The maximum Gasteiger partial charge on any atom is 0.374 e. The number of furan rings is 1. The van der Waals surface area contributed by atoms with Crippen molar-refractivity contribution in [1.29, 1.82) is 0 Å². The van der Waals surface area contributed by atoms with Crippen LogP contribution in [0.5, 0.6) is 0 Å². The van der Waals surface area contributed by atoms with Crippen molar-refractivity contribution in [2.45, 2.75) is 39.4 Å². The molecular weight excluding hydrogens is 236 g/mol. The minimum Gasteiger partial charge on any atom is -0.460 e. The van der Waals surface area contributed by atoms with Gasteiger partial charge in [0.25, 0.3) is 0 Å². The molecule has 0 amide bonds. The average Bonchev–Trinajstić information content (AvgIpc) is 2.67. The van der Waals surface area contributed by atoms with Crippen molar-refractivity contribution in [3.05, 3.63) is 23.2 Å². The zero-order valence-electron chi connectivity index (χ0n) is 10.7. The highest BCUT2D eigenvalue weighted by molar-refractivity contribution is 7.98. The van der Waals surface area contributed by atoms with Crippen molar-refractivity contribution in [2.24, 2.45) is 0 Å². The monoisotopic (exact) mass is 256 g/mol. The Morgan fingerprint density at radius 2 is 2.24 bits per heavy atom. The number of rotatable bonds is 7. The van der Waals surface area contributed by atoms with Crippen LogP contribution in [-0.2, 0) is 10.5 Å². The Hall–Kier alpha value is -0.900. The van der Waals surface area contributed by atoms with E-state index >= 15 is 0 Å². The van der Waals surface area contributed by atoms with Crippen molar-refractivity contribution in [3.63, 3.8) is 0 Å². The number of thioether (sulfide) groups is 1. The Bertz CT molecular complexity index is 358. The molecule has 1 aromatic heterocycles. The minimum absolute atomic E-state index is 0.315. The van der Waals surface area contributed by atoms with Gasteiger partial charge in [-0.1, -0.05) is 13.3 Å². The Balaban J connectivity index is 2.53. The first-order chi connectivity index (χ1) is 8.19. The second kappa shape index (κ2) is 7.43. The van der Waals surface area contributed by atoms with E-state index in [-0.39, 0.29) is 5.97 Å². The summed E-state index contributed by atoms with van der Waals surface area (Å²) in [6, 6.07) is 1.80. The summed E-state index contributed by atoms with van der Waals surface area (Å²) < 4.78 is 10.3. The van der Waals surface area contributed by atoms with Crippen LogP contribution in [0.3, 0.4) is 0 Å². The van der Waals surface area contributed by atoms with Gasteiger partial charge in [-0.3, -0.25) is 0 Å². The summed E-state index contributed by atoms with van der Waals surface area (Å²) in [6.07, 6.45) is 2.44.